The number of Topliss-reactive ketones (excluding diaryl/α,β-unsaturated/α-hetero) is 1. The zero-order chi connectivity index (χ0) is 20.8. The summed E-state index contributed by atoms with van der Waals surface area (Å²) >= 11 is 1.37. The van der Waals surface area contributed by atoms with Crippen LogP contribution in [0.25, 0.3) is 5.69 Å². The number of hydrogen-bond acceptors (Lipinski definition) is 6. The predicted molar refractivity (Wildman–Crippen MR) is 112 cm³/mol. The van der Waals surface area contributed by atoms with Crippen molar-refractivity contribution in [1.29, 1.82) is 0 Å². The lowest BCUT2D eigenvalue weighted by molar-refractivity contribution is -0.140. The number of benzene rings is 1. The van der Waals surface area contributed by atoms with Crippen molar-refractivity contribution in [3.8, 4) is 5.69 Å². The van der Waals surface area contributed by atoms with Crippen LogP contribution in [0, 0.1) is 13.8 Å². The van der Waals surface area contributed by atoms with Crippen molar-refractivity contribution in [3.05, 3.63) is 59.7 Å². The van der Waals surface area contributed by atoms with E-state index < -0.39 is 0 Å². The van der Waals surface area contributed by atoms with Gasteiger partial charge in [-0.25, -0.2) is 0 Å². The Morgan fingerprint density at radius 3 is 2.66 bits per heavy atom. The fourth-order valence-electron chi connectivity index (χ4n) is 3.21. The molecule has 0 aliphatic heterocycles. The number of methoxy groups -OCH3 is 1. The maximum atomic E-state index is 12.8. The largest absolute Gasteiger partial charge is 0.469 e. The topological polar surface area (TPSA) is 79.0 Å². The number of thioether (sulfide) groups is 1. The van der Waals surface area contributed by atoms with Crippen molar-refractivity contribution < 1.29 is 14.3 Å². The SMILES string of the molecule is COC(=O)CCCn1c(C)cc(C(=O)CSc2nncn2-c2ccccc2)c1C. The van der Waals surface area contributed by atoms with Crippen LogP contribution in [0.4, 0.5) is 0 Å². The third-order valence-electron chi connectivity index (χ3n) is 4.75. The molecule has 0 spiro atoms. The maximum Gasteiger partial charge on any atom is 0.305 e. The molecule has 3 aromatic rings. The van der Waals surface area contributed by atoms with Gasteiger partial charge in [-0.1, -0.05) is 30.0 Å². The molecule has 2 aromatic heterocycles. The Balaban J connectivity index is 1.66. The fraction of sp³-hybridized carbons (Fsp3) is 0.333. The molecule has 0 saturated heterocycles. The highest BCUT2D eigenvalue weighted by Crippen LogP contribution is 2.23. The van der Waals surface area contributed by atoms with Gasteiger partial charge in [0.05, 0.1) is 12.9 Å². The molecule has 8 heteroatoms. The summed E-state index contributed by atoms with van der Waals surface area (Å²) in [6, 6.07) is 11.7. The number of esters is 1. The highest BCUT2D eigenvalue weighted by atomic mass is 32.2. The van der Waals surface area contributed by atoms with Gasteiger partial charge in [0.1, 0.15) is 6.33 Å². The minimum atomic E-state index is -0.220. The Hall–Kier alpha value is -2.87. The van der Waals surface area contributed by atoms with Crippen molar-refractivity contribution >= 4 is 23.5 Å². The van der Waals surface area contributed by atoms with E-state index in [-0.39, 0.29) is 17.5 Å². The number of hydrogen-bond donors (Lipinski definition) is 0. The van der Waals surface area contributed by atoms with Crippen LogP contribution < -0.4 is 0 Å². The van der Waals surface area contributed by atoms with Crippen molar-refractivity contribution in [2.24, 2.45) is 0 Å². The van der Waals surface area contributed by atoms with Gasteiger partial charge in [0.15, 0.2) is 10.9 Å². The van der Waals surface area contributed by atoms with Crippen LogP contribution in [0.2, 0.25) is 0 Å². The van der Waals surface area contributed by atoms with Crippen molar-refractivity contribution in [1.82, 2.24) is 19.3 Å². The van der Waals surface area contributed by atoms with E-state index in [1.807, 2.05) is 54.8 Å². The highest BCUT2D eigenvalue weighted by Gasteiger charge is 2.17. The molecular weight excluding hydrogens is 388 g/mol. The summed E-state index contributed by atoms with van der Waals surface area (Å²) < 4.78 is 8.63. The second-order valence-corrected chi connectivity index (χ2v) is 7.59. The molecule has 2 heterocycles. The minimum Gasteiger partial charge on any atom is -0.469 e. The van der Waals surface area contributed by atoms with Gasteiger partial charge in [-0.2, -0.15) is 0 Å². The third-order valence-corrected chi connectivity index (χ3v) is 5.69. The van der Waals surface area contributed by atoms with Crippen LogP contribution >= 0.6 is 11.8 Å². The molecule has 0 atom stereocenters. The number of aryl methyl sites for hydroxylation is 1. The van der Waals surface area contributed by atoms with Crippen LogP contribution in [0.15, 0.2) is 47.9 Å². The Morgan fingerprint density at radius 1 is 1.17 bits per heavy atom. The van der Waals surface area contributed by atoms with Gasteiger partial charge in [0, 0.05) is 35.6 Å². The highest BCUT2D eigenvalue weighted by molar-refractivity contribution is 7.99. The normalized spacial score (nSPS) is 10.9. The smallest absolute Gasteiger partial charge is 0.305 e. The third kappa shape index (κ3) is 4.95. The maximum absolute atomic E-state index is 12.8. The van der Waals surface area contributed by atoms with E-state index in [9.17, 15) is 9.59 Å². The van der Waals surface area contributed by atoms with Crippen LogP contribution in [0.1, 0.15) is 34.6 Å². The molecule has 7 nitrogen and oxygen atoms in total. The first-order chi connectivity index (χ1) is 14.0. The van der Waals surface area contributed by atoms with E-state index in [2.05, 4.69) is 19.5 Å². The predicted octanol–water partition coefficient (Wildman–Crippen LogP) is 3.61. The summed E-state index contributed by atoms with van der Waals surface area (Å²) in [6.45, 7) is 4.59. The Labute approximate surface area is 174 Å². The van der Waals surface area contributed by atoms with E-state index in [4.69, 9.17) is 0 Å². The quantitative estimate of drug-likeness (QED) is 0.303. The first-order valence-corrected chi connectivity index (χ1v) is 10.3. The fourth-order valence-corrected chi connectivity index (χ4v) is 4.02. The molecule has 29 heavy (non-hydrogen) atoms. The van der Waals surface area contributed by atoms with Gasteiger partial charge < -0.3 is 9.30 Å². The molecule has 3 rings (SSSR count). The van der Waals surface area contributed by atoms with Crippen LogP contribution in [-0.4, -0.2) is 43.9 Å². The molecule has 0 fully saturated rings. The minimum absolute atomic E-state index is 0.0462. The van der Waals surface area contributed by atoms with Gasteiger partial charge in [-0.15, -0.1) is 10.2 Å². The summed E-state index contributed by atoms with van der Waals surface area (Å²) in [5.74, 6) is 0.102. The summed E-state index contributed by atoms with van der Waals surface area (Å²) in [6.07, 6.45) is 2.68. The van der Waals surface area contributed by atoms with Crippen LogP contribution in [-0.2, 0) is 16.1 Å². The van der Waals surface area contributed by atoms with Crippen molar-refractivity contribution in [3.63, 3.8) is 0 Å². The number of aromatic nitrogens is 4. The van der Waals surface area contributed by atoms with E-state index in [0.717, 1.165) is 17.1 Å². The lowest BCUT2D eigenvalue weighted by Gasteiger charge is -2.09. The number of ether oxygens (including phenoxy) is 1. The van der Waals surface area contributed by atoms with Crippen LogP contribution in [0.3, 0.4) is 0 Å². The van der Waals surface area contributed by atoms with Gasteiger partial charge >= 0.3 is 5.97 Å². The zero-order valence-electron chi connectivity index (χ0n) is 16.8. The number of ketones is 1. The summed E-state index contributed by atoms with van der Waals surface area (Å²) in [4.78, 5) is 24.1. The second-order valence-electron chi connectivity index (χ2n) is 6.65. The Kier molecular flexibility index (Phi) is 6.87. The molecular formula is C21H24N4O3S. The summed E-state index contributed by atoms with van der Waals surface area (Å²) in [5, 5.41) is 8.80. The second kappa shape index (κ2) is 9.56. The molecule has 0 amide bonds. The summed E-state index contributed by atoms with van der Waals surface area (Å²) in [5.41, 5.74) is 3.59. The zero-order valence-corrected chi connectivity index (χ0v) is 17.6. The average Bonchev–Trinajstić information content (AvgIpc) is 3.32. The monoisotopic (exact) mass is 412 g/mol. The van der Waals surface area contributed by atoms with Gasteiger partial charge in [0.25, 0.3) is 0 Å². The molecule has 0 N–H and O–H groups in total. The van der Waals surface area contributed by atoms with Crippen molar-refractivity contribution in [2.45, 2.75) is 38.4 Å². The van der Waals surface area contributed by atoms with Gasteiger partial charge in [0.2, 0.25) is 0 Å². The molecule has 0 bridgehead atoms. The number of para-hydroxylation sites is 1. The number of carbonyl (C=O) groups is 2. The number of nitrogens with zero attached hydrogens (tertiary/aromatic N) is 4. The van der Waals surface area contributed by atoms with Gasteiger partial charge in [-0.3, -0.25) is 14.2 Å². The molecule has 0 aliphatic rings. The first kappa shape index (κ1) is 20.9. The summed E-state index contributed by atoms with van der Waals surface area (Å²) in [7, 11) is 1.39. The molecule has 0 unspecified atom stereocenters. The van der Waals surface area contributed by atoms with E-state index in [1.165, 1.54) is 18.9 Å². The number of rotatable bonds is 9. The van der Waals surface area contributed by atoms with Crippen LogP contribution in [0.5, 0.6) is 0 Å². The standard InChI is InChI=1S/C21H24N4O3S/c1-15-12-18(16(2)24(15)11-7-10-20(27)28-3)19(26)13-29-21-23-22-14-25(21)17-8-5-4-6-9-17/h4-6,8-9,12,14H,7,10-11,13H2,1-3H3. The molecule has 152 valence electrons. The lowest BCUT2D eigenvalue weighted by Crippen LogP contribution is -2.09. The Bertz CT molecular complexity index is 995. The van der Waals surface area contributed by atoms with E-state index in [0.29, 0.717) is 30.1 Å². The molecule has 0 aliphatic carbocycles. The molecule has 0 saturated carbocycles. The first-order valence-electron chi connectivity index (χ1n) is 9.36. The van der Waals surface area contributed by atoms with Gasteiger partial charge in [-0.05, 0) is 38.5 Å². The molecule has 0 radical (unpaired) electrons. The number of carbonyl (C=O) groups excluding carboxylic acids is 2. The Morgan fingerprint density at radius 2 is 1.93 bits per heavy atom. The van der Waals surface area contributed by atoms with Crippen molar-refractivity contribution in [2.75, 3.05) is 12.9 Å². The lowest BCUT2D eigenvalue weighted by atomic mass is 10.2. The average molecular weight is 413 g/mol. The van der Waals surface area contributed by atoms with E-state index in [1.54, 1.807) is 6.33 Å². The van der Waals surface area contributed by atoms with E-state index >= 15 is 0 Å². The molecule has 1 aromatic carbocycles.